The van der Waals surface area contributed by atoms with Crippen molar-refractivity contribution in [2.24, 2.45) is 0 Å². The van der Waals surface area contributed by atoms with Crippen molar-refractivity contribution < 1.29 is 36.0 Å². The van der Waals surface area contributed by atoms with E-state index in [4.69, 9.17) is 28.0 Å². The number of halogens is 8. The third-order valence-corrected chi connectivity index (χ3v) is 5.11. The number of nitrogens with one attached hydrogen (secondary N) is 3. The largest absolute Gasteiger partial charge is 0.428 e. The SMILES string of the molecule is CNc1cc(C2=CC(c3cc(Cl)cc(Cl)c3)(C(F)(F)F)ON2)ccc1C(=O)NCC(F)(F)F. The molecule has 1 aliphatic rings. The molecule has 3 N–H and O–H groups in total. The minimum absolute atomic E-state index is 0.0294. The zero-order chi connectivity index (χ0) is 24.6. The number of benzene rings is 2. The lowest BCUT2D eigenvalue weighted by molar-refractivity contribution is -0.269. The number of anilines is 1. The minimum atomic E-state index is -4.92. The third-order valence-electron chi connectivity index (χ3n) is 4.68. The number of hydrogen-bond acceptors (Lipinski definition) is 4. The predicted octanol–water partition coefficient (Wildman–Crippen LogP) is 5.66. The number of carbonyl (C=O) groups is 1. The summed E-state index contributed by atoms with van der Waals surface area (Å²) in [5, 5.41) is 4.32. The van der Waals surface area contributed by atoms with Gasteiger partial charge in [0, 0.05) is 33.9 Å². The lowest BCUT2D eigenvalue weighted by atomic mass is 9.91. The number of alkyl halides is 6. The summed E-state index contributed by atoms with van der Waals surface area (Å²) in [4.78, 5) is 17.1. The molecule has 33 heavy (non-hydrogen) atoms. The summed E-state index contributed by atoms with van der Waals surface area (Å²) in [6.45, 7) is -1.53. The quantitative estimate of drug-likeness (QED) is 0.451. The molecule has 1 aliphatic heterocycles. The minimum Gasteiger partial charge on any atom is -0.387 e. The summed E-state index contributed by atoms with van der Waals surface area (Å²) in [6, 6.07) is 7.14. The molecule has 0 aromatic heterocycles. The summed E-state index contributed by atoms with van der Waals surface area (Å²) >= 11 is 11.7. The number of hydroxylamine groups is 1. The van der Waals surface area contributed by atoms with Crippen molar-refractivity contribution in [3.05, 3.63) is 69.2 Å². The molecule has 0 saturated carbocycles. The maximum Gasteiger partial charge on any atom is 0.428 e. The average Bonchev–Trinajstić information content (AvgIpc) is 3.17. The Labute approximate surface area is 193 Å². The van der Waals surface area contributed by atoms with Gasteiger partial charge < -0.3 is 10.6 Å². The Morgan fingerprint density at radius 1 is 1.06 bits per heavy atom. The van der Waals surface area contributed by atoms with Gasteiger partial charge in [0.2, 0.25) is 5.60 Å². The highest BCUT2D eigenvalue weighted by molar-refractivity contribution is 6.34. The summed E-state index contributed by atoms with van der Waals surface area (Å²) in [5.41, 5.74) is -1.02. The first-order valence-electron chi connectivity index (χ1n) is 9.13. The highest BCUT2D eigenvalue weighted by Gasteiger charge is 2.59. The van der Waals surface area contributed by atoms with Crippen molar-refractivity contribution >= 4 is 40.5 Å². The van der Waals surface area contributed by atoms with Crippen LogP contribution in [0.5, 0.6) is 0 Å². The zero-order valence-corrected chi connectivity index (χ0v) is 18.1. The van der Waals surface area contributed by atoms with Crippen LogP contribution in [0, 0.1) is 0 Å². The maximum atomic E-state index is 14.1. The zero-order valence-electron chi connectivity index (χ0n) is 16.6. The van der Waals surface area contributed by atoms with Gasteiger partial charge in [-0.15, -0.1) is 0 Å². The Kier molecular flexibility index (Phi) is 6.79. The lowest BCUT2D eigenvalue weighted by Crippen LogP contribution is -2.42. The fourth-order valence-electron chi connectivity index (χ4n) is 3.15. The number of amides is 1. The fraction of sp³-hybridized carbons (Fsp3) is 0.250. The van der Waals surface area contributed by atoms with Crippen molar-refractivity contribution in [2.45, 2.75) is 18.0 Å². The molecule has 1 unspecified atom stereocenters. The normalized spacial score (nSPS) is 18.5. The molecule has 1 heterocycles. The Hall–Kier alpha value is -2.63. The summed E-state index contributed by atoms with van der Waals surface area (Å²) in [7, 11) is 1.40. The maximum absolute atomic E-state index is 14.1. The van der Waals surface area contributed by atoms with Gasteiger partial charge in [0.15, 0.2) is 0 Å². The van der Waals surface area contributed by atoms with Crippen molar-refractivity contribution in [3.8, 4) is 0 Å². The molecule has 2 aromatic carbocycles. The van der Waals surface area contributed by atoms with Gasteiger partial charge in [-0.2, -0.15) is 26.3 Å². The molecule has 3 rings (SSSR count). The van der Waals surface area contributed by atoms with Crippen LogP contribution in [0.15, 0.2) is 42.5 Å². The first-order chi connectivity index (χ1) is 15.3. The van der Waals surface area contributed by atoms with Crippen molar-refractivity contribution in [1.29, 1.82) is 0 Å². The molecule has 0 fully saturated rings. The van der Waals surface area contributed by atoms with Crippen LogP contribution in [0.4, 0.5) is 32.0 Å². The highest BCUT2D eigenvalue weighted by atomic mass is 35.5. The van der Waals surface area contributed by atoms with E-state index in [2.05, 4.69) is 10.8 Å². The number of rotatable bonds is 5. The summed E-state index contributed by atoms with van der Waals surface area (Å²) in [5.74, 6) is -1.01. The predicted molar refractivity (Wildman–Crippen MR) is 111 cm³/mol. The van der Waals surface area contributed by atoms with Gasteiger partial charge in [0.25, 0.3) is 5.91 Å². The Morgan fingerprint density at radius 2 is 1.70 bits per heavy atom. The average molecular weight is 514 g/mol. The van der Waals surface area contributed by atoms with E-state index in [1.54, 1.807) is 5.32 Å². The summed E-state index contributed by atoms with van der Waals surface area (Å²) in [6.07, 6.45) is -8.73. The van der Waals surface area contributed by atoms with Gasteiger partial charge in [-0.1, -0.05) is 29.3 Å². The van der Waals surface area contributed by atoms with Crippen LogP contribution in [-0.4, -0.2) is 31.9 Å². The van der Waals surface area contributed by atoms with E-state index in [0.717, 1.165) is 18.2 Å². The second-order valence-corrected chi connectivity index (χ2v) is 7.83. The molecule has 0 aliphatic carbocycles. The second-order valence-electron chi connectivity index (χ2n) is 6.96. The number of carbonyl (C=O) groups excluding carboxylic acids is 1. The van der Waals surface area contributed by atoms with Gasteiger partial charge in [0.1, 0.15) is 6.54 Å². The van der Waals surface area contributed by atoms with Crippen LogP contribution >= 0.6 is 23.2 Å². The Morgan fingerprint density at radius 3 is 2.24 bits per heavy atom. The lowest BCUT2D eigenvalue weighted by Gasteiger charge is -2.28. The van der Waals surface area contributed by atoms with Crippen LogP contribution in [0.2, 0.25) is 10.0 Å². The topological polar surface area (TPSA) is 62.4 Å². The van der Waals surface area contributed by atoms with Crippen molar-refractivity contribution in [2.75, 3.05) is 18.9 Å². The number of hydrogen-bond donors (Lipinski definition) is 3. The van der Waals surface area contributed by atoms with Crippen LogP contribution < -0.4 is 16.1 Å². The molecule has 1 amide bonds. The molecule has 0 saturated heterocycles. The molecule has 2 aromatic rings. The van der Waals surface area contributed by atoms with Crippen LogP contribution in [-0.2, 0) is 10.4 Å². The first kappa shape index (κ1) is 25.0. The first-order valence-corrected chi connectivity index (χ1v) is 9.88. The van der Waals surface area contributed by atoms with Crippen LogP contribution in [0.3, 0.4) is 0 Å². The molecule has 1 atom stereocenters. The molecule has 178 valence electrons. The van der Waals surface area contributed by atoms with Gasteiger partial charge in [-0.05, 0) is 36.4 Å². The third kappa shape index (κ3) is 5.31. The van der Waals surface area contributed by atoms with E-state index in [-0.39, 0.29) is 38.1 Å². The molecule has 0 radical (unpaired) electrons. The molecular formula is C20H15Cl2F6N3O2. The van der Waals surface area contributed by atoms with Crippen LogP contribution in [0.25, 0.3) is 5.70 Å². The van der Waals surface area contributed by atoms with Gasteiger partial charge >= 0.3 is 12.4 Å². The van der Waals surface area contributed by atoms with E-state index < -0.39 is 30.4 Å². The smallest absolute Gasteiger partial charge is 0.387 e. The Bertz CT molecular complexity index is 1080. The fourth-order valence-corrected chi connectivity index (χ4v) is 3.67. The van der Waals surface area contributed by atoms with Crippen molar-refractivity contribution in [3.63, 3.8) is 0 Å². The molecule has 0 bridgehead atoms. The highest BCUT2D eigenvalue weighted by Crippen LogP contribution is 2.48. The van der Waals surface area contributed by atoms with E-state index in [1.165, 1.54) is 31.3 Å². The molecular weight excluding hydrogens is 499 g/mol. The van der Waals surface area contributed by atoms with E-state index in [9.17, 15) is 31.1 Å². The van der Waals surface area contributed by atoms with Gasteiger partial charge in [0.05, 0.1) is 11.3 Å². The van der Waals surface area contributed by atoms with Gasteiger partial charge in [-0.3, -0.25) is 15.1 Å². The van der Waals surface area contributed by atoms with Crippen LogP contribution in [0.1, 0.15) is 21.5 Å². The summed E-state index contributed by atoms with van der Waals surface area (Å²) < 4.78 is 79.4. The van der Waals surface area contributed by atoms with E-state index in [0.29, 0.717) is 0 Å². The van der Waals surface area contributed by atoms with E-state index >= 15 is 0 Å². The monoisotopic (exact) mass is 513 g/mol. The van der Waals surface area contributed by atoms with Crippen molar-refractivity contribution in [1.82, 2.24) is 10.8 Å². The second kappa shape index (κ2) is 8.96. The van der Waals surface area contributed by atoms with E-state index in [1.807, 2.05) is 0 Å². The van der Waals surface area contributed by atoms with Gasteiger partial charge in [-0.25, -0.2) is 0 Å². The molecule has 13 heteroatoms. The molecule has 5 nitrogen and oxygen atoms in total. The standard InChI is InChI=1S/C20H15Cl2F6N3O2/c1-29-15-4-10(2-3-14(15)17(32)30-9-19(23,24)25)16-8-18(33-31-16,20(26,27)28)11-5-12(21)7-13(22)6-11/h2-8,29,31H,9H2,1H3,(H,30,32). The Balaban J connectivity index is 2.00. The molecule has 0 spiro atoms.